The molecular weight excluding hydrogens is 335 g/mol. The summed E-state index contributed by atoms with van der Waals surface area (Å²) in [7, 11) is 0. The summed E-state index contributed by atoms with van der Waals surface area (Å²) >= 11 is 0. The lowest BCUT2D eigenvalue weighted by atomic mass is 9.95. The molecule has 1 aromatic heterocycles. The summed E-state index contributed by atoms with van der Waals surface area (Å²) in [5.41, 5.74) is 7.44. The summed E-state index contributed by atoms with van der Waals surface area (Å²) in [6.07, 6.45) is 3.50. The molecule has 2 N–H and O–H groups in total. The molecule has 5 nitrogen and oxygen atoms in total. The summed E-state index contributed by atoms with van der Waals surface area (Å²) in [4.78, 5) is 14.4. The van der Waals surface area contributed by atoms with Gasteiger partial charge in [0, 0.05) is 37.4 Å². The Labute approximate surface area is 148 Å². The highest BCUT2D eigenvalue weighted by Crippen LogP contribution is 2.27. The van der Waals surface area contributed by atoms with Crippen LogP contribution in [0.25, 0.3) is 0 Å². The van der Waals surface area contributed by atoms with E-state index in [1.807, 2.05) is 42.3 Å². The summed E-state index contributed by atoms with van der Waals surface area (Å²) < 4.78 is 1.68. The predicted molar refractivity (Wildman–Crippen MR) is 95.2 cm³/mol. The van der Waals surface area contributed by atoms with Gasteiger partial charge in [-0.2, -0.15) is 5.10 Å². The van der Waals surface area contributed by atoms with E-state index in [1.54, 1.807) is 10.9 Å². The quantitative estimate of drug-likeness (QED) is 0.916. The van der Waals surface area contributed by atoms with Gasteiger partial charge >= 0.3 is 0 Å². The Balaban J connectivity index is 0.00000132. The van der Waals surface area contributed by atoms with Crippen molar-refractivity contribution in [2.24, 2.45) is 5.73 Å². The zero-order valence-corrected chi connectivity index (χ0v) is 14.5. The van der Waals surface area contributed by atoms with Crippen LogP contribution in [0.3, 0.4) is 0 Å². The van der Waals surface area contributed by atoms with Gasteiger partial charge < -0.3 is 10.6 Å². The number of hydrogen-bond acceptors (Lipinski definition) is 3. The van der Waals surface area contributed by atoms with E-state index in [4.69, 9.17) is 5.73 Å². The number of halogens is 2. The first-order chi connectivity index (χ1) is 10.2. The maximum Gasteiger partial charge on any atom is 0.247 e. The van der Waals surface area contributed by atoms with E-state index in [9.17, 15) is 4.79 Å². The fourth-order valence-electron chi connectivity index (χ4n) is 2.95. The molecule has 1 aromatic carbocycles. The van der Waals surface area contributed by atoms with Crippen molar-refractivity contribution in [1.29, 1.82) is 0 Å². The van der Waals surface area contributed by atoms with E-state index in [1.165, 1.54) is 5.56 Å². The van der Waals surface area contributed by atoms with Crippen LogP contribution in [0, 0.1) is 0 Å². The Bertz CT molecular complexity index is 606. The Morgan fingerprint density at radius 2 is 1.91 bits per heavy atom. The number of likely N-dealkylation sites (tertiary alicyclic amines) is 1. The number of hydrogen-bond donors (Lipinski definition) is 1. The number of amides is 1. The second-order valence-corrected chi connectivity index (χ2v) is 5.59. The SMILES string of the molecule is CC(C(=O)N1C[C@@H](N)[C@H](c2ccccc2)C1)n1cccn1.Cl.Cl. The van der Waals surface area contributed by atoms with Crippen molar-refractivity contribution in [2.45, 2.75) is 24.9 Å². The highest BCUT2D eigenvalue weighted by atomic mass is 35.5. The molecule has 2 aromatic rings. The van der Waals surface area contributed by atoms with Gasteiger partial charge in [-0.15, -0.1) is 24.8 Å². The molecule has 0 aliphatic carbocycles. The molecule has 23 heavy (non-hydrogen) atoms. The molecule has 3 rings (SSSR count). The van der Waals surface area contributed by atoms with Crippen molar-refractivity contribution in [3.63, 3.8) is 0 Å². The van der Waals surface area contributed by atoms with Crippen LogP contribution in [0.15, 0.2) is 48.8 Å². The standard InChI is InChI=1S/C16H20N4O.2ClH/c1-12(20-9-5-8-18-20)16(21)19-10-14(15(17)11-19)13-6-3-2-4-7-13;;/h2-9,12,14-15H,10-11,17H2,1H3;2*1H/t12?,14-,15+;;/m0../s1. The van der Waals surface area contributed by atoms with Crippen molar-refractivity contribution in [1.82, 2.24) is 14.7 Å². The first kappa shape index (κ1) is 19.5. The van der Waals surface area contributed by atoms with Gasteiger partial charge in [0.25, 0.3) is 0 Å². The zero-order valence-electron chi connectivity index (χ0n) is 12.9. The van der Waals surface area contributed by atoms with Crippen LogP contribution < -0.4 is 5.73 Å². The van der Waals surface area contributed by atoms with Crippen LogP contribution in [-0.2, 0) is 4.79 Å². The van der Waals surface area contributed by atoms with Crippen molar-refractivity contribution >= 4 is 30.7 Å². The predicted octanol–water partition coefficient (Wildman–Crippen LogP) is 2.24. The zero-order chi connectivity index (χ0) is 14.8. The van der Waals surface area contributed by atoms with Crippen molar-refractivity contribution < 1.29 is 4.79 Å². The molecule has 1 aliphatic rings. The Hall–Kier alpha value is -1.56. The average molecular weight is 357 g/mol. The highest BCUT2D eigenvalue weighted by molar-refractivity contribution is 5.85. The van der Waals surface area contributed by atoms with Gasteiger partial charge in [-0.1, -0.05) is 30.3 Å². The van der Waals surface area contributed by atoms with E-state index in [0.29, 0.717) is 13.1 Å². The minimum atomic E-state index is -0.290. The number of nitrogens with zero attached hydrogens (tertiary/aromatic N) is 3. The fraction of sp³-hybridized carbons (Fsp3) is 0.375. The molecule has 1 saturated heterocycles. The minimum absolute atomic E-state index is 0. The van der Waals surface area contributed by atoms with Gasteiger partial charge in [0.1, 0.15) is 6.04 Å². The van der Waals surface area contributed by atoms with Crippen molar-refractivity contribution in [2.75, 3.05) is 13.1 Å². The first-order valence-electron chi connectivity index (χ1n) is 7.25. The van der Waals surface area contributed by atoms with Crippen molar-refractivity contribution in [3.05, 3.63) is 54.4 Å². The highest BCUT2D eigenvalue weighted by Gasteiger charge is 2.35. The molecule has 1 aliphatic heterocycles. The molecule has 3 atom stereocenters. The monoisotopic (exact) mass is 356 g/mol. The number of aromatic nitrogens is 2. The number of rotatable bonds is 3. The first-order valence-corrected chi connectivity index (χ1v) is 7.25. The lowest BCUT2D eigenvalue weighted by Gasteiger charge is -2.21. The molecule has 0 bridgehead atoms. The molecule has 1 fully saturated rings. The lowest BCUT2D eigenvalue weighted by molar-refractivity contribution is -0.133. The molecule has 0 radical (unpaired) electrons. The summed E-state index contributed by atoms with van der Waals surface area (Å²) in [6, 6.07) is 11.7. The van der Waals surface area contributed by atoms with E-state index < -0.39 is 0 Å². The van der Waals surface area contributed by atoms with Crippen LogP contribution in [0.2, 0.25) is 0 Å². The van der Waals surface area contributed by atoms with Gasteiger partial charge in [-0.3, -0.25) is 9.48 Å². The minimum Gasteiger partial charge on any atom is -0.339 e. The Morgan fingerprint density at radius 3 is 2.52 bits per heavy atom. The van der Waals surface area contributed by atoms with Crippen LogP contribution in [0.4, 0.5) is 0 Å². The molecule has 1 unspecified atom stereocenters. The summed E-state index contributed by atoms with van der Waals surface area (Å²) in [5, 5.41) is 4.14. The molecule has 126 valence electrons. The second kappa shape index (κ2) is 8.34. The molecule has 0 spiro atoms. The fourth-order valence-corrected chi connectivity index (χ4v) is 2.95. The van der Waals surface area contributed by atoms with Crippen LogP contribution >= 0.6 is 24.8 Å². The van der Waals surface area contributed by atoms with Crippen LogP contribution in [0.1, 0.15) is 24.4 Å². The van der Waals surface area contributed by atoms with Crippen molar-refractivity contribution in [3.8, 4) is 0 Å². The topological polar surface area (TPSA) is 64.2 Å². The van der Waals surface area contributed by atoms with Crippen LogP contribution in [-0.4, -0.2) is 39.7 Å². The largest absolute Gasteiger partial charge is 0.339 e. The second-order valence-electron chi connectivity index (χ2n) is 5.59. The maximum atomic E-state index is 12.6. The Morgan fingerprint density at radius 1 is 1.22 bits per heavy atom. The summed E-state index contributed by atoms with van der Waals surface area (Å²) in [5.74, 6) is 0.285. The van der Waals surface area contributed by atoms with Gasteiger partial charge in [0.2, 0.25) is 5.91 Å². The van der Waals surface area contributed by atoms with Gasteiger partial charge in [-0.05, 0) is 18.6 Å². The third-order valence-corrected chi connectivity index (χ3v) is 4.18. The molecular formula is C16H22Cl2N4O. The van der Waals surface area contributed by atoms with Gasteiger partial charge in [-0.25, -0.2) is 0 Å². The van der Waals surface area contributed by atoms with Crippen LogP contribution in [0.5, 0.6) is 0 Å². The van der Waals surface area contributed by atoms with E-state index in [2.05, 4.69) is 17.2 Å². The van der Waals surface area contributed by atoms with E-state index >= 15 is 0 Å². The third-order valence-electron chi connectivity index (χ3n) is 4.18. The number of carbonyl (C=O) groups is 1. The molecule has 1 amide bonds. The Kier molecular flexibility index (Phi) is 7.06. The normalized spacial score (nSPS) is 21.2. The number of carbonyl (C=O) groups excluding carboxylic acids is 1. The lowest BCUT2D eigenvalue weighted by Crippen LogP contribution is -2.36. The summed E-state index contributed by atoms with van der Waals surface area (Å²) in [6.45, 7) is 3.15. The molecule has 2 heterocycles. The van der Waals surface area contributed by atoms with E-state index in [0.717, 1.165) is 0 Å². The smallest absolute Gasteiger partial charge is 0.247 e. The van der Waals surface area contributed by atoms with E-state index in [-0.39, 0.29) is 48.7 Å². The van der Waals surface area contributed by atoms with Gasteiger partial charge in [0.15, 0.2) is 0 Å². The number of nitrogens with two attached hydrogens (primary N) is 1. The van der Waals surface area contributed by atoms with Gasteiger partial charge in [0.05, 0.1) is 0 Å². The molecule has 7 heteroatoms. The third kappa shape index (κ3) is 4.05. The number of benzene rings is 1. The maximum absolute atomic E-state index is 12.6. The average Bonchev–Trinajstić information content (AvgIpc) is 3.16. The molecule has 0 saturated carbocycles.